The van der Waals surface area contributed by atoms with Crippen LogP contribution in [0.25, 0.3) is 0 Å². The quantitative estimate of drug-likeness (QED) is 0.892. The molecule has 0 spiro atoms. The van der Waals surface area contributed by atoms with Crippen LogP contribution in [-0.2, 0) is 5.54 Å². The molecule has 3 nitrogen and oxygen atoms in total. The number of hydrogen-bond acceptors (Lipinski definition) is 2. The molecule has 1 fully saturated rings. The lowest BCUT2D eigenvalue weighted by Crippen LogP contribution is -2.33. The lowest BCUT2D eigenvalue weighted by atomic mass is 9.81. The van der Waals surface area contributed by atoms with Crippen LogP contribution < -0.4 is 5.32 Å². The van der Waals surface area contributed by atoms with Crippen LogP contribution in [0.3, 0.4) is 0 Å². The van der Waals surface area contributed by atoms with Crippen LogP contribution >= 0.6 is 0 Å². The lowest BCUT2D eigenvalue weighted by Gasteiger charge is -2.35. The van der Waals surface area contributed by atoms with Crippen LogP contribution in [0.4, 0.5) is 0 Å². The summed E-state index contributed by atoms with van der Waals surface area (Å²) in [5.41, 5.74) is 1.86. The predicted octanol–water partition coefficient (Wildman–Crippen LogP) is 3.13. The molecule has 0 aromatic carbocycles. The first-order valence-corrected chi connectivity index (χ1v) is 7.03. The highest BCUT2D eigenvalue weighted by molar-refractivity contribution is 5.12. The first kappa shape index (κ1) is 13.6. The standard InChI is InChI=1S/C15H27N3/c1-14(2,3)10-15(4,5)18-11-17-9-13(18)12-6-7-16-8-12/h9,11-12,16H,6-8,10H2,1-5H3. The van der Waals surface area contributed by atoms with Gasteiger partial charge in [0.05, 0.1) is 6.33 Å². The summed E-state index contributed by atoms with van der Waals surface area (Å²) in [4.78, 5) is 4.40. The highest BCUT2D eigenvalue weighted by Crippen LogP contribution is 2.35. The van der Waals surface area contributed by atoms with Gasteiger partial charge in [-0.2, -0.15) is 0 Å². The molecule has 18 heavy (non-hydrogen) atoms. The summed E-state index contributed by atoms with van der Waals surface area (Å²) in [6.45, 7) is 13.8. The molecule has 1 saturated heterocycles. The molecule has 102 valence electrons. The zero-order valence-electron chi connectivity index (χ0n) is 12.5. The molecule has 0 radical (unpaired) electrons. The van der Waals surface area contributed by atoms with Gasteiger partial charge in [0, 0.05) is 29.9 Å². The molecular formula is C15H27N3. The third-order valence-electron chi connectivity index (χ3n) is 3.76. The summed E-state index contributed by atoms with van der Waals surface area (Å²) in [6.07, 6.45) is 6.46. The molecule has 0 saturated carbocycles. The highest BCUT2D eigenvalue weighted by atomic mass is 15.1. The first-order chi connectivity index (χ1) is 8.30. The number of rotatable bonds is 3. The second-order valence-electron chi connectivity index (χ2n) is 7.43. The maximum Gasteiger partial charge on any atom is 0.0953 e. The van der Waals surface area contributed by atoms with E-state index in [0.29, 0.717) is 11.3 Å². The van der Waals surface area contributed by atoms with Gasteiger partial charge in [0.1, 0.15) is 0 Å². The van der Waals surface area contributed by atoms with Crippen LogP contribution in [0.5, 0.6) is 0 Å². The fourth-order valence-corrected chi connectivity index (χ4v) is 3.40. The minimum Gasteiger partial charge on any atom is -0.329 e. The molecule has 2 heterocycles. The largest absolute Gasteiger partial charge is 0.329 e. The highest BCUT2D eigenvalue weighted by Gasteiger charge is 2.31. The summed E-state index contributed by atoms with van der Waals surface area (Å²) < 4.78 is 2.40. The number of nitrogens with zero attached hydrogens (tertiary/aromatic N) is 2. The Hall–Kier alpha value is -0.830. The van der Waals surface area contributed by atoms with E-state index in [0.717, 1.165) is 19.5 Å². The molecule has 1 unspecified atom stereocenters. The number of nitrogens with one attached hydrogen (secondary N) is 1. The Morgan fingerprint density at radius 1 is 1.33 bits per heavy atom. The molecule has 0 amide bonds. The van der Waals surface area contributed by atoms with Gasteiger partial charge >= 0.3 is 0 Å². The van der Waals surface area contributed by atoms with Crippen molar-refractivity contribution in [3.8, 4) is 0 Å². The molecule has 3 heteroatoms. The Labute approximate surface area is 111 Å². The van der Waals surface area contributed by atoms with Crippen molar-refractivity contribution in [1.29, 1.82) is 0 Å². The Morgan fingerprint density at radius 3 is 2.61 bits per heavy atom. The maximum atomic E-state index is 4.40. The van der Waals surface area contributed by atoms with Gasteiger partial charge in [0.15, 0.2) is 0 Å². The Bertz CT molecular complexity index is 392. The lowest BCUT2D eigenvalue weighted by molar-refractivity contribution is 0.209. The van der Waals surface area contributed by atoms with E-state index >= 15 is 0 Å². The summed E-state index contributed by atoms with van der Waals surface area (Å²) in [5.74, 6) is 0.631. The van der Waals surface area contributed by atoms with Crippen molar-refractivity contribution in [3.63, 3.8) is 0 Å². The minimum atomic E-state index is 0.132. The Morgan fingerprint density at radius 2 is 2.06 bits per heavy atom. The van der Waals surface area contributed by atoms with E-state index in [9.17, 15) is 0 Å². The zero-order chi connectivity index (χ0) is 13.4. The second kappa shape index (κ2) is 4.69. The topological polar surface area (TPSA) is 29.9 Å². The minimum absolute atomic E-state index is 0.132. The van der Waals surface area contributed by atoms with Crippen LogP contribution in [-0.4, -0.2) is 22.6 Å². The molecule has 1 aromatic heterocycles. The monoisotopic (exact) mass is 249 g/mol. The predicted molar refractivity (Wildman–Crippen MR) is 75.8 cm³/mol. The van der Waals surface area contributed by atoms with Gasteiger partial charge in [-0.25, -0.2) is 4.98 Å². The van der Waals surface area contributed by atoms with Gasteiger partial charge in [-0.05, 0) is 38.6 Å². The van der Waals surface area contributed by atoms with Crippen molar-refractivity contribution in [2.24, 2.45) is 5.41 Å². The summed E-state index contributed by atoms with van der Waals surface area (Å²) in [6, 6.07) is 0. The smallest absolute Gasteiger partial charge is 0.0953 e. The van der Waals surface area contributed by atoms with Gasteiger partial charge in [-0.1, -0.05) is 20.8 Å². The second-order valence-corrected chi connectivity index (χ2v) is 7.43. The van der Waals surface area contributed by atoms with E-state index in [2.05, 4.69) is 55.7 Å². The normalized spacial score (nSPS) is 21.5. The van der Waals surface area contributed by atoms with Crippen LogP contribution in [0.15, 0.2) is 12.5 Å². The third kappa shape index (κ3) is 2.94. The molecule has 1 aliphatic heterocycles. The van der Waals surface area contributed by atoms with Crippen LogP contribution in [0.1, 0.15) is 59.1 Å². The molecule has 0 aliphatic carbocycles. The van der Waals surface area contributed by atoms with Crippen molar-refractivity contribution in [2.75, 3.05) is 13.1 Å². The number of aromatic nitrogens is 2. The van der Waals surface area contributed by atoms with E-state index in [-0.39, 0.29) is 5.54 Å². The van der Waals surface area contributed by atoms with Crippen molar-refractivity contribution < 1.29 is 0 Å². The van der Waals surface area contributed by atoms with Gasteiger partial charge in [0.2, 0.25) is 0 Å². The fourth-order valence-electron chi connectivity index (χ4n) is 3.40. The van der Waals surface area contributed by atoms with E-state index in [1.54, 1.807) is 0 Å². The average Bonchev–Trinajstić information content (AvgIpc) is 2.85. The Kier molecular flexibility index (Phi) is 3.54. The third-order valence-corrected chi connectivity index (χ3v) is 3.76. The van der Waals surface area contributed by atoms with Gasteiger partial charge in [-0.3, -0.25) is 0 Å². The number of imidazole rings is 1. The van der Waals surface area contributed by atoms with Crippen LogP contribution in [0, 0.1) is 5.41 Å². The molecule has 1 aliphatic rings. The van der Waals surface area contributed by atoms with Gasteiger partial charge < -0.3 is 9.88 Å². The van der Waals surface area contributed by atoms with Crippen LogP contribution in [0.2, 0.25) is 0 Å². The SMILES string of the molecule is CC(C)(C)CC(C)(C)n1cncc1C1CCNC1. The average molecular weight is 249 g/mol. The van der Waals surface area contributed by atoms with E-state index in [4.69, 9.17) is 0 Å². The van der Waals surface area contributed by atoms with Gasteiger partial charge in [0.25, 0.3) is 0 Å². The summed E-state index contributed by atoms with van der Waals surface area (Å²) >= 11 is 0. The summed E-state index contributed by atoms with van der Waals surface area (Å²) in [7, 11) is 0. The van der Waals surface area contributed by atoms with Crippen molar-refractivity contribution in [1.82, 2.24) is 14.9 Å². The molecule has 2 rings (SSSR count). The first-order valence-electron chi connectivity index (χ1n) is 7.03. The van der Waals surface area contributed by atoms with E-state index in [1.807, 2.05) is 6.33 Å². The fraction of sp³-hybridized carbons (Fsp3) is 0.800. The molecular weight excluding hydrogens is 222 g/mol. The molecule has 1 atom stereocenters. The zero-order valence-corrected chi connectivity index (χ0v) is 12.5. The van der Waals surface area contributed by atoms with E-state index < -0.39 is 0 Å². The molecule has 0 bridgehead atoms. The number of hydrogen-bond donors (Lipinski definition) is 1. The molecule has 1 aromatic rings. The van der Waals surface area contributed by atoms with E-state index in [1.165, 1.54) is 12.1 Å². The Balaban J connectivity index is 2.24. The van der Waals surface area contributed by atoms with Crippen molar-refractivity contribution in [2.45, 2.75) is 58.9 Å². The molecule has 1 N–H and O–H groups in total. The van der Waals surface area contributed by atoms with Gasteiger partial charge in [-0.15, -0.1) is 0 Å². The maximum absolute atomic E-state index is 4.40. The van der Waals surface area contributed by atoms with Crippen molar-refractivity contribution >= 4 is 0 Å². The van der Waals surface area contributed by atoms with Crippen molar-refractivity contribution in [3.05, 3.63) is 18.2 Å². The summed E-state index contributed by atoms with van der Waals surface area (Å²) in [5, 5.41) is 3.45.